The van der Waals surface area contributed by atoms with Crippen LogP contribution in [-0.4, -0.2) is 24.7 Å². The summed E-state index contributed by atoms with van der Waals surface area (Å²) >= 11 is 0. The molecule has 0 aromatic rings. The average Bonchev–Trinajstić information content (AvgIpc) is 2.50. The van der Waals surface area contributed by atoms with E-state index in [0.717, 1.165) is 12.1 Å². The number of cyclic esters (lactones) is 1. The van der Waals surface area contributed by atoms with Gasteiger partial charge in [0, 0.05) is 17.0 Å². The van der Waals surface area contributed by atoms with Gasteiger partial charge in [0.25, 0.3) is 0 Å². The van der Waals surface area contributed by atoms with Crippen LogP contribution in [0.2, 0.25) is 0 Å². The first-order valence-electron chi connectivity index (χ1n) is 4.99. The molecule has 2 atom stereocenters. The number of ether oxygens (including phenoxy) is 1. The van der Waals surface area contributed by atoms with Gasteiger partial charge in [-0.05, 0) is 13.5 Å². The number of hydrogen-bond acceptors (Lipinski definition) is 3. The van der Waals surface area contributed by atoms with E-state index in [2.05, 4.69) is 25.2 Å². The van der Waals surface area contributed by atoms with Gasteiger partial charge >= 0.3 is 5.97 Å². The maximum absolute atomic E-state index is 11.3. The number of carbonyl (C=O) groups excluding carboxylic acids is 1. The van der Waals surface area contributed by atoms with Crippen molar-refractivity contribution in [2.75, 3.05) is 13.2 Å². The van der Waals surface area contributed by atoms with Crippen LogP contribution in [0, 0.1) is 5.92 Å². The summed E-state index contributed by atoms with van der Waals surface area (Å²) in [4.78, 5) is 11.3. The second kappa shape index (κ2) is 3.24. The van der Waals surface area contributed by atoms with E-state index < -0.39 is 0 Å². The Kier molecular flexibility index (Phi) is 2.19. The van der Waals surface area contributed by atoms with Gasteiger partial charge < -0.3 is 10.1 Å². The molecule has 14 heavy (non-hydrogen) atoms. The minimum atomic E-state index is -0.163. The van der Waals surface area contributed by atoms with Gasteiger partial charge in [-0.25, -0.2) is 4.79 Å². The van der Waals surface area contributed by atoms with Gasteiger partial charge in [0.15, 0.2) is 0 Å². The van der Waals surface area contributed by atoms with E-state index in [9.17, 15) is 4.79 Å². The number of likely N-dealkylation sites (N-methyl/N-ethyl adjacent to an activating group) is 1. The van der Waals surface area contributed by atoms with Crippen LogP contribution >= 0.6 is 0 Å². The first-order chi connectivity index (χ1) is 6.67. The maximum Gasteiger partial charge on any atom is 0.334 e. The van der Waals surface area contributed by atoms with Gasteiger partial charge in [-0.15, -0.1) is 0 Å². The monoisotopic (exact) mass is 193 g/mol. The second-order valence-electron chi connectivity index (χ2n) is 3.95. The molecular formula is C11H15NO2. The van der Waals surface area contributed by atoms with Crippen LogP contribution in [0.3, 0.4) is 0 Å². The highest BCUT2D eigenvalue weighted by molar-refractivity contribution is 5.92. The number of carbonyl (C=O) groups is 1. The summed E-state index contributed by atoms with van der Waals surface area (Å²) in [5.41, 5.74) is 0.668. The van der Waals surface area contributed by atoms with Crippen molar-refractivity contribution in [3.63, 3.8) is 0 Å². The van der Waals surface area contributed by atoms with E-state index in [0.29, 0.717) is 6.61 Å². The van der Waals surface area contributed by atoms with Crippen molar-refractivity contribution in [3.05, 3.63) is 23.8 Å². The minimum Gasteiger partial charge on any atom is -0.462 e. The van der Waals surface area contributed by atoms with Crippen LogP contribution in [-0.2, 0) is 9.53 Å². The molecule has 1 N–H and O–H groups in total. The van der Waals surface area contributed by atoms with Crippen molar-refractivity contribution in [1.82, 2.24) is 5.32 Å². The molecule has 2 unspecified atom stereocenters. The lowest BCUT2D eigenvalue weighted by Gasteiger charge is -2.34. The molecule has 1 aliphatic carbocycles. The van der Waals surface area contributed by atoms with Crippen molar-refractivity contribution < 1.29 is 9.53 Å². The van der Waals surface area contributed by atoms with Crippen molar-refractivity contribution >= 4 is 5.97 Å². The lowest BCUT2D eigenvalue weighted by molar-refractivity contribution is -0.135. The summed E-state index contributed by atoms with van der Waals surface area (Å²) in [5.74, 6) is 0.00317. The Morgan fingerprint density at radius 1 is 1.71 bits per heavy atom. The highest BCUT2D eigenvalue weighted by Crippen LogP contribution is 2.35. The van der Waals surface area contributed by atoms with E-state index in [1.54, 1.807) is 0 Å². The van der Waals surface area contributed by atoms with Gasteiger partial charge in [0.05, 0.1) is 0 Å². The number of esters is 1. The van der Waals surface area contributed by atoms with E-state index in [4.69, 9.17) is 4.74 Å². The highest BCUT2D eigenvalue weighted by atomic mass is 16.5. The maximum atomic E-state index is 11.3. The van der Waals surface area contributed by atoms with Crippen LogP contribution < -0.4 is 5.32 Å². The van der Waals surface area contributed by atoms with Crippen molar-refractivity contribution in [1.29, 1.82) is 0 Å². The fraction of sp³-hybridized carbons (Fsp3) is 0.545. The normalized spacial score (nSPS) is 35.1. The number of allylic oxidation sites excluding steroid dienone is 2. The molecule has 1 fully saturated rings. The van der Waals surface area contributed by atoms with E-state index in [1.165, 1.54) is 0 Å². The van der Waals surface area contributed by atoms with Crippen molar-refractivity contribution in [2.45, 2.75) is 19.4 Å². The van der Waals surface area contributed by atoms with Gasteiger partial charge in [0.2, 0.25) is 0 Å². The third-order valence-corrected chi connectivity index (χ3v) is 2.99. The molecule has 2 rings (SSSR count). The molecule has 0 spiro atoms. The van der Waals surface area contributed by atoms with Crippen LogP contribution in [0.15, 0.2) is 23.8 Å². The molecule has 2 aliphatic rings. The molecule has 0 amide bonds. The van der Waals surface area contributed by atoms with Gasteiger partial charge in [0.1, 0.15) is 6.61 Å². The molecule has 0 aromatic carbocycles. The zero-order valence-electron chi connectivity index (χ0n) is 8.54. The van der Waals surface area contributed by atoms with Gasteiger partial charge in [-0.3, -0.25) is 0 Å². The molecule has 3 heteroatoms. The molecule has 76 valence electrons. The Balaban J connectivity index is 2.29. The van der Waals surface area contributed by atoms with Crippen LogP contribution in [0.1, 0.15) is 13.8 Å². The Bertz CT molecular complexity index is 319. The third kappa shape index (κ3) is 1.28. The topological polar surface area (TPSA) is 38.3 Å². The number of nitrogens with one attached hydrogen (secondary N) is 1. The van der Waals surface area contributed by atoms with Gasteiger partial charge in [-0.1, -0.05) is 25.2 Å². The van der Waals surface area contributed by atoms with E-state index in [1.807, 2.05) is 12.2 Å². The Labute approximate surface area is 83.8 Å². The molecule has 3 nitrogen and oxygen atoms in total. The first-order valence-corrected chi connectivity index (χ1v) is 4.99. The summed E-state index contributed by atoms with van der Waals surface area (Å²) in [6.45, 7) is 5.55. The number of rotatable bonds is 2. The molecule has 0 bridgehead atoms. The van der Waals surface area contributed by atoms with Crippen molar-refractivity contribution in [3.8, 4) is 0 Å². The van der Waals surface area contributed by atoms with Gasteiger partial charge in [-0.2, -0.15) is 0 Å². The highest BCUT2D eigenvalue weighted by Gasteiger charge is 2.43. The standard InChI is InChI=1S/C11H15NO2/c1-3-12-11(2)6-4-5-8-9(11)7-14-10(8)13/h4-6,9,12H,3,7H2,1-2H3. The zero-order valence-corrected chi connectivity index (χ0v) is 8.54. The molecule has 1 heterocycles. The fourth-order valence-corrected chi connectivity index (χ4v) is 2.19. The predicted molar refractivity (Wildman–Crippen MR) is 53.8 cm³/mol. The predicted octanol–water partition coefficient (Wildman–Crippen LogP) is 1.02. The molecule has 1 aliphatic heterocycles. The van der Waals surface area contributed by atoms with Crippen molar-refractivity contribution in [2.24, 2.45) is 5.92 Å². The molecular weight excluding hydrogens is 178 g/mol. The van der Waals surface area contributed by atoms with E-state index in [-0.39, 0.29) is 17.4 Å². The SMILES string of the molecule is CCNC1(C)C=CC=C2C(=O)OCC21. The second-order valence-corrected chi connectivity index (χ2v) is 3.95. The summed E-state index contributed by atoms with van der Waals surface area (Å²) < 4.78 is 5.05. The van der Waals surface area contributed by atoms with Crippen LogP contribution in [0.5, 0.6) is 0 Å². The average molecular weight is 193 g/mol. The Hall–Kier alpha value is -1.09. The fourth-order valence-electron chi connectivity index (χ4n) is 2.19. The smallest absolute Gasteiger partial charge is 0.334 e. The summed E-state index contributed by atoms with van der Waals surface area (Å²) in [7, 11) is 0. The lowest BCUT2D eigenvalue weighted by Crippen LogP contribution is -2.48. The Morgan fingerprint density at radius 3 is 3.21 bits per heavy atom. The molecule has 0 saturated carbocycles. The Morgan fingerprint density at radius 2 is 2.50 bits per heavy atom. The number of hydrogen-bond donors (Lipinski definition) is 1. The minimum absolute atomic E-state index is 0.134. The van der Waals surface area contributed by atoms with Crippen LogP contribution in [0.25, 0.3) is 0 Å². The third-order valence-electron chi connectivity index (χ3n) is 2.99. The summed E-state index contributed by atoms with van der Waals surface area (Å²) in [6, 6.07) is 0. The summed E-state index contributed by atoms with van der Waals surface area (Å²) in [6.07, 6.45) is 5.90. The zero-order chi connectivity index (χ0) is 10.2. The molecule has 1 saturated heterocycles. The molecule has 0 radical (unpaired) electrons. The largest absolute Gasteiger partial charge is 0.462 e. The van der Waals surface area contributed by atoms with E-state index >= 15 is 0 Å². The molecule has 0 aromatic heterocycles. The van der Waals surface area contributed by atoms with Crippen LogP contribution in [0.4, 0.5) is 0 Å². The quantitative estimate of drug-likeness (QED) is 0.665. The summed E-state index contributed by atoms with van der Waals surface area (Å²) in [5, 5.41) is 3.39. The lowest BCUT2D eigenvalue weighted by atomic mass is 9.78. The first kappa shape index (κ1) is 9.46. The number of fused-ring (bicyclic) bond motifs is 1.